The van der Waals surface area contributed by atoms with E-state index < -0.39 is 0 Å². The fraction of sp³-hybridized carbons (Fsp3) is 0.111. The summed E-state index contributed by atoms with van der Waals surface area (Å²) in [5.74, 6) is 0.0730. The van der Waals surface area contributed by atoms with Gasteiger partial charge in [-0.05, 0) is 91.8 Å². The van der Waals surface area contributed by atoms with Crippen LogP contribution in [-0.4, -0.2) is 23.1 Å². The third kappa shape index (κ3) is 4.29. The van der Waals surface area contributed by atoms with Crippen LogP contribution in [0, 0.1) is 9.39 Å². The number of benzene rings is 2. The van der Waals surface area contributed by atoms with Crippen LogP contribution in [0.5, 0.6) is 5.75 Å². The van der Waals surface area contributed by atoms with E-state index in [-0.39, 0.29) is 17.0 Å². The molecule has 26 heavy (non-hydrogen) atoms. The van der Waals surface area contributed by atoms with Crippen LogP contribution in [0.15, 0.2) is 45.8 Å². The molecule has 0 aliphatic carbocycles. The van der Waals surface area contributed by atoms with Crippen molar-refractivity contribution in [3.8, 4) is 5.75 Å². The van der Waals surface area contributed by atoms with Crippen molar-refractivity contribution in [2.75, 3.05) is 7.05 Å². The molecule has 0 aromatic heterocycles. The van der Waals surface area contributed by atoms with E-state index >= 15 is 0 Å². The number of halogens is 3. The molecule has 0 N–H and O–H groups in total. The highest BCUT2D eigenvalue weighted by Crippen LogP contribution is 2.36. The molecule has 134 valence electrons. The number of hydrogen-bond acceptors (Lipinski definition) is 4. The predicted octanol–water partition coefficient (Wildman–Crippen LogP) is 5.44. The Labute approximate surface area is 176 Å². The van der Waals surface area contributed by atoms with Gasteiger partial charge in [0.05, 0.1) is 12.9 Å². The topological polar surface area (TPSA) is 46.6 Å². The van der Waals surface area contributed by atoms with E-state index in [9.17, 15) is 14.0 Å². The normalized spacial score (nSPS) is 15.8. The molecule has 0 radical (unpaired) electrons. The molecule has 1 aliphatic rings. The number of likely N-dealkylation sites (N-methyl/N-ethyl adjacent to an activating group) is 1. The summed E-state index contributed by atoms with van der Waals surface area (Å²) < 4.78 is 20.4. The quantitative estimate of drug-likeness (QED) is 0.378. The molecule has 0 atom stereocenters. The van der Waals surface area contributed by atoms with Crippen molar-refractivity contribution >= 4 is 67.5 Å². The fourth-order valence-electron chi connectivity index (χ4n) is 2.23. The summed E-state index contributed by atoms with van der Waals surface area (Å²) in [6.45, 7) is 0.308. The molecule has 0 spiro atoms. The van der Waals surface area contributed by atoms with Crippen molar-refractivity contribution in [3.63, 3.8) is 0 Å². The van der Waals surface area contributed by atoms with Crippen molar-refractivity contribution in [1.29, 1.82) is 0 Å². The molecule has 1 heterocycles. The zero-order valence-corrected chi connectivity index (χ0v) is 18.0. The lowest BCUT2D eigenvalue weighted by atomic mass is 10.2. The molecule has 8 heteroatoms. The van der Waals surface area contributed by atoms with Gasteiger partial charge in [-0.1, -0.05) is 12.1 Å². The third-order valence-electron chi connectivity index (χ3n) is 3.60. The van der Waals surface area contributed by atoms with Crippen LogP contribution in [0.3, 0.4) is 0 Å². The largest absolute Gasteiger partial charge is 0.487 e. The van der Waals surface area contributed by atoms with Gasteiger partial charge in [-0.25, -0.2) is 4.39 Å². The Bertz CT molecular complexity index is 894. The molecule has 1 fully saturated rings. The fourth-order valence-corrected chi connectivity index (χ4v) is 4.83. The van der Waals surface area contributed by atoms with Crippen LogP contribution in [0.2, 0.25) is 0 Å². The van der Waals surface area contributed by atoms with E-state index in [1.165, 1.54) is 19.2 Å². The lowest BCUT2D eigenvalue weighted by Crippen LogP contribution is -2.22. The van der Waals surface area contributed by atoms with Crippen LogP contribution in [-0.2, 0) is 11.4 Å². The second kappa shape index (κ2) is 8.10. The molecule has 2 aromatic carbocycles. The lowest BCUT2D eigenvalue weighted by molar-refractivity contribution is -0.121. The Morgan fingerprint density at radius 1 is 1.27 bits per heavy atom. The summed E-state index contributed by atoms with van der Waals surface area (Å²) in [5, 5.41) is -0.283. The van der Waals surface area contributed by atoms with E-state index in [1.807, 2.05) is 12.1 Å². The van der Waals surface area contributed by atoms with Crippen molar-refractivity contribution in [3.05, 3.63) is 66.3 Å². The number of amides is 2. The average molecular weight is 548 g/mol. The number of nitrogens with zero attached hydrogens (tertiary/aromatic N) is 1. The summed E-state index contributed by atoms with van der Waals surface area (Å²) in [5.41, 5.74) is 1.64. The van der Waals surface area contributed by atoms with Gasteiger partial charge in [0.1, 0.15) is 18.2 Å². The van der Waals surface area contributed by atoms with Crippen LogP contribution < -0.4 is 4.74 Å². The van der Waals surface area contributed by atoms with Crippen molar-refractivity contribution in [1.82, 2.24) is 4.90 Å². The number of ether oxygens (including phenoxy) is 1. The Morgan fingerprint density at radius 2 is 1.96 bits per heavy atom. The molecule has 0 unspecified atom stereocenters. The summed E-state index contributed by atoms with van der Waals surface area (Å²) in [6.07, 6.45) is 1.69. The standard InChI is InChI=1S/C18H12BrFINO3S/c1-22-17(23)15(26-18(22)24)8-11-6-13(19)16(14(21)7-11)25-9-10-2-4-12(20)5-3-10/h2-8H,9H2,1H3/b15-8-. The van der Waals surface area contributed by atoms with Gasteiger partial charge >= 0.3 is 0 Å². The Kier molecular flexibility index (Phi) is 6.03. The molecule has 1 saturated heterocycles. The Balaban J connectivity index is 1.79. The first-order chi connectivity index (χ1) is 12.3. The first-order valence-corrected chi connectivity index (χ1v) is 10.1. The molecule has 0 saturated carbocycles. The molecular weight excluding hydrogens is 536 g/mol. The molecule has 3 rings (SSSR count). The monoisotopic (exact) mass is 547 g/mol. The number of hydrogen-bond donors (Lipinski definition) is 0. The van der Waals surface area contributed by atoms with E-state index in [4.69, 9.17) is 4.74 Å². The number of rotatable bonds is 4. The van der Waals surface area contributed by atoms with Gasteiger partial charge in [0.25, 0.3) is 11.1 Å². The molecule has 1 aliphatic heterocycles. The summed E-state index contributed by atoms with van der Waals surface area (Å²) in [6, 6.07) is 9.82. The van der Waals surface area contributed by atoms with E-state index in [0.717, 1.165) is 35.8 Å². The molecule has 2 aromatic rings. The van der Waals surface area contributed by atoms with Gasteiger partial charge in [0, 0.05) is 7.05 Å². The number of carbonyl (C=O) groups is 2. The van der Waals surface area contributed by atoms with Gasteiger partial charge < -0.3 is 4.74 Å². The zero-order chi connectivity index (χ0) is 18.8. The molecular formula is C18H12BrFINO3S. The minimum Gasteiger partial charge on any atom is -0.487 e. The van der Waals surface area contributed by atoms with E-state index in [2.05, 4.69) is 38.5 Å². The smallest absolute Gasteiger partial charge is 0.293 e. The SMILES string of the molecule is CN1C(=O)S/C(=C\c2cc(Br)c(OCc3ccc(F)cc3)c(I)c2)C1=O. The second-order valence-corrected chi connectivity index (χ2v) is 8.48. The third-order valence-corrected chi connectivity index (χ3v) is 5.95. The van der Waals surface area contributed by atoms with Gasteiger partial charge in [-0.3, -0.25) is 14.5 Å². The van der Waals surface area contributed by atoms with Crippen LogP contribution in [0.4, 0.5) is 9.18 Å². The highest BCUT2D eigenvalue weighted by molar-refractivity contribution is 14.1. The first-order valence-electron chi connectivity index (χ1n) is 7.43. The highest BCUT2D eigenvalue weighted by atomic mass is 127. The van der Waals surface area contributed by atoms with Crippen LogP contribution in [0.25, 0.3) is 6.08 Å². The highest BCUT2D eigenvalue weighted by Gasteiger charge is 2.31. The average Bonchev–Trinajstić information content (AvgIpc) is 2.83. The van der Waals surface area contributed by atoms with Gasteiger partial charge in [-0.2, -0.15) is 0 Å². The maximum absolute atomic E-state index is 13.0. The van der Waals surface area contributed by atoms with Crippen molar-refractivity contribution < 1.29 is 18.7 Å². The van der Waals surface area contributed by atoms with Crippen LogP contribution in [0.1, 0.15) is 11.1 Å². The predicted molar refractivity (Wildman–Crippen MR) is 111 cm³/mol. The Hall–Kier alpha value is -1.39. The summed E-state index contributed by atoms with van der Waals surface area (Å²) in [4.78, 5) is 25.1. The van der Waals surface area contributed by atoms with Gasteiger partial charge in [0.2, 0.25) is 0 Å². The maximum atomic E-state index is 13.0. The molecule has 4 nitrogen and oxygen atoms in total. The van der Waals surface area contributed by atoms with Crippen molar-refractivity contribution in [2.45, 2.75) is 6.61 Å². The number of carbonyl (C=O) groups excluding carboxylic acids is 2. The zero-order valence-electron chi connectivity index (χ0n) is 13.5. The molecule has 2 amide bonds. The Morgan fingerprint density at radius 3 is 2.54 bits per heavy atom. The maximum Gasteiger partial charge on any atom is 0.293 e. The number of thioether (sulfide) groups is 1. The second-order valence-electron chi connectivity index (χ2n) is 5.47. The minimum atomic E-state index is -0.303. The van der Waals surface area contributed by atoms with Crippen LogP contribution >= 0.6 is 50.3 Å². The van der Waals surface area contributed by atoms with Crippen molar-refractivity contribution in [2.24, 2.45) is 0 Å². The summed E-state index contributed by atoms with van der Waals surface area (Å²) in [7, 11) is 1.46. The van der Waals surface area contributed by atoms with E-state index in [0.29, 0.717) is 17.3 Å². The minimum absolute atomic E-state index is 0.283. The number of imide groups is 1. The van der Waals surface area contributed by atoms with Gasteiger partial charge in [-0.15, -0.1) is 0 Å². The molecule has 0 bridgehead atoms. The summed E-state index contributed by atoms with van der Waals surface area (Å²) >= 11 is 6.55. The lowest BCUT2D eigenvalue weighted by Gasteiger charge is -2.12. The first kappa shape index (κ1) is 19.4. The van der Waals surface area contributed by atoms with Gasteiger partial charge in [0.15, 0.2) is 0 Å². The van der Waals surface area contributed by atoms with E-state index in [1.54, 1.807) is 18.2 Å².